The average molecular weight is 184 g/mol. The lowest BCUT2D eigenvalue weighted by Gasteiger charge is -2.45. The van der Waals surface area contributed by atoms with Crippen molar-refractivity contribution < 1.29 is 0 Å². The fraction of sp³-hybridized carbons (Fsp3) is 1.00. The third kappa shape index (κ3) is 2.96. The van der Waals surface area contributed by atoms with Crippen molar-refractivity contribution in [1.82, 2.24) is 10.2 Å². The molecule has 1 fully saturated rings. The zero-order valence-corrected chi connectivity index (χ0v) is 9.56. The van der Waals surface area contributed by atoms with E-state index in [0.717, 1.165) is 6.54 Å². The minimum atomic E-state index is 0.349. The quantitative estimate of drug-likeness (QED) is 0.720. The van der Waals surface area contributed by atoms with Crippen LogP contribution in [0.2, 0.25) is 0 Å². The van der Waals surface area contributed by atoms with E-state index in [4.69, 9.17) is 0 Å². The van der Waals surface area contributed by atoms with E-state index in [0.29, 0.717) is 11.6 Å². The van der Waals surface area contributed by atoms with E-state index in [1.54, 1.807) is 0 Å². The van der Waals surface area contributed by atoms with Crippen molar-refractivity contribution in [3.63, 3.8) is 0 Å². The first kappa shape index (κ1) is 11.0. The minimum absolute atomic E-state index is 0.349. The number of nitrogens with zero attached hydrogens (tertiary/aromatic N) is 1. The van der Waals surface area contributed by atoms with E-state index in [2.05, 4.69) is 37.9 Å². The summed E-state index contributed by atoms with van der Waals surface area (Å²) in [5.41, 5.74) is 0.349. The van der Waals surface area contributed by atoms with Crippen molar-refractivity contribution in [2.75, 3.05) is 19.6 Å². The Kier molecular flexibility index (Phi) is 3.74. The number of hydrogen-bond acceptors (Lipinski definition) is 2. The zero-order valence-electron chi connectivity index (χ0n) is 9.56. The Hall–Kier alpha value is -0.0800. The van der Waals surface area contributed by atoms with Gasteiger partial charge in [-0.05, 0) is 33.7 Å². The number of piperazine rings is 1. The molecule has 0 bridgehead atoms. The van der Waals surface area contributed by atoms with E-state index in [9.17, 15) is 0 Å². The maximum atomic E-state index is 3.54. The Bertz CT molecular complexity index is 154. The second kappa shape index (κ2) is 4.43. The van der Waals surface area contributed by atoms with Gasteiger partial charge in [0.25, 0.3) is 0 Å². The van der Waals surface area contributed by atoms with Crippen LogP contribution in [0, 0.1) is 0 Å². The Labute approximate surface area is 82.7 Å². The zero-order chi connectivity index (χ0) is 9.90. The Morgan fingerprint density at radius 3 is 2.77 bits per heavy atom. The lowest BCUT2D eigenvalue weighted by atomic mass is 9.97. The summed E-state index contributed by atoms with van der Waals surface area (Å²) in [6.45, 7) is 12.8. The van der Waals surface area contributed by atoms with E-state index in [1.807, 2.05) is 0 Å². The summed E-state index contributed by atoms with van der Waals surface area (Å²) >= 11 is 0. The number of unbranched alkanes of at least 4 members (excludes halogenated alkanes) is 1. The number of nitrogens with one attached hydrogen (secondary N) is 1. The van der Waals surface area contributed by atoms with Gasteiger partial charge in [0.15, 0.2) is 0 Å². The lowest BCUT2D eigenvalue weighted by Crippen LogP contribution is -2.61. The maximum Gasteiger partial charge on any atom is 0.0278 e. The monoisotopic (exact) mass is 184 g/mol. The van der Waals surface area contributed by atoms with Crippen LogP contribution < -0.4 is 5.32 Å². The lowest BCUT2D eigenvalue weighted by molar-refractivity contribution is 0.0690. The topological polar surface area (TPSA) is 15.3 Å². The van der Waals surface area contributed by atoms with Gasteiger partial charge < -0.3 is 5.32 Å². The third-order valence-electron chi connectivity index (χ3n) is 3.02. The van der Waals surface area contributed by atoms with Gasteiger partial charge in [0.2, 0.25) is 0 Å². The standard InChI is InChI=1S/C11H24N2/c1-5-6-7-13-8-10(2)12-9-11(13,3)4/h10,12H,5-9H2,1-4H3. The van der Waals surface area contributed by atoms with Crippen LogP contribution in [0.25, 0.3) is 0 Å². The van der Waals surface area contributed by atoms with Crippen LogP contribution in [0.3, 0.4) is 0 Å². The highest BCUT2D eigenvalue weighted by Gasteiger charge is 2.31. The van der Waals surface area contributed by atoms with Gasteiger partial charge in [0.05, 0.1) is 0 Å². The fourth-order valence-corrected chi connectivity index (χ4v) is 1.92. The first-order valence-electron chi connectivity index (χ1n) is 5.54. The van der Waals surface area contributed by atoms with E-state index in [-0.39, 0.29) is 0 Å². The van der Waals surface area contributed by atoms with Gasteiger partial charge in [-0.1, -0.05) is 13.3 Å². The van der Waals surface area contributed by atoms with Crippen LogP contribution in [0.5, 0.6) is 0 Å². The second-order valence-corrected chi connectivity index (χ2v) is 4.89. The minimum Gasteiger partial charge on any atom is -0.311 e. The summed E-state index contributed by atoms with van der Waals surface area (Å²) in [5.74, 6) is 0. The predicted octanol–water partition coefficient (Wildman–Crippen LogP) is 1.86. The van der Waals surface area contributed by atoms with Crippen molar-refractivity contribution in [2.45, 2.75) is 52.1 Å². The molecule has 2 nitrogen and oxygen atoms in total. The number of hydrogen-bond donors (Lipinski definition) is 1. The van der Waals surface area contributed by atoms with Crippen molar-refractivity contribution in [2.24, 2.45) is 0 Å². The molecule has 0 aromatic heterocycles. The van der Waals surface area contributed by atoms with E-state index >= 15 is 0 Å². The molecule has 0 saturated carbocycles. The van der Waals surface area contributed by atoms with Crippen LogP contribution in [0.4, 0.5) is 0 Å². The summed E-state index contributed by atoms with van der Waals surface area (Å²) in [6, 6.07) is 0.657. The highest BCUT2D eigenvalue weighted by molar-refractivity contribution is 4.91. The van der Waals surface area contributed by atoms with Gasteiger partial charge in [-0.25, -0.2) is 0 Å². The summed E-state index contributed by atoms with van der Waals surface area (Å²) < 4.78 is 0. The summed E-state index contributed by atoms with van der Waals surface area (Å²) in [5, 5.41) is 3.54. The Balaban J connectivity index is 2.46. The van der Waals surface area contributed by atoms with Crippen molar-refractivity contribution in [1.29, 1.82) is 0 Å². The molecule has 0 aromatic carbocycles. The van der Waals surface area contributed by atoms with Crippen molar-refractivity contribution in [3.8, 4) is 0 Å². The van der Waals surface area contributed by atoms with E-state index < -0.39 is 0 Å². The third-order valence-corrected chi connectivity index (χ3v) is 3.02. The van der Waals surface area contributed by atoms with Gasteiger partial charge >= 0.3 is 0 Å². The molecule has 1 N–H and O–H groups in total. The van der Waals surface area contributed by atoms with Gasteiger partial charge in [-0.2, -0.15) is 0 Å². The van der Waals surface area contributed by atoms with Crippen molar-refractivity contribution in [3.05, 3.63) is 0 Å². The summed E-state index contributed by atoms with van der Waals surface area (Å²) in [7, 11) is 0. The first-order chi connectivity index (χ1) is 6.06. The Morgan fingerprint density at radius 2 is 2.15 bits per heavy atom. The molecule has 1 aliphatic rings. The summed E-state index contributed by atoms with van der Waals surface area (Å²) in [6.07, 6.45) is 2.63. The smallest absolute Gasteiger partial charge is 0.0278 e. The molecule has 1 atom stereocenters. The van der Waals surface area contributed by atoms with Crippen LogP contribution in [-0.4, -0.2) is 36.1 Å². The van der Waals surface area contributed by atoms with Crippen molar-refractivity contribution >= 4 is 0 Å². The maximum absolute atomic E-state index is 3.54. The van der Waals surface area contributed by atoms with Crippen LogP contribution >= 0.6 is 0 Å². The molecule has 0 aromatic rings. The molecule has 1 aliphatic heterocycles. The molecule has 1 unspecified atom stereocenters. The normalized spacial score (nSPS) is 29.1. The molecular formula is C11H24N2. The largest absolute Gasteiger partial charge is 0.311 e. The molecule has 0 spiro atoms. The van der Waals surface area contributed by atoms with Crippen LogP contribution in [0.1, 0.15) is 40.5 Å². The van der Waals surface area contributed by atoms with Gasteiger partial charge in [-0.15, -0.1) is 0 Å². The van der Waals surface area contributed by atoms with Gasteiger partial charge in [-0.3, -0.25) is 4.90 Å². The molecular weight excluding hydrogens is 160 g/mol. The van der Waals surface area contributed by atoms with E-state index in [1.165, 1.54) is 25.9 Å². The van der Waals surface area contributed by atoms with Gasteiger partial charge in [0.1, 0.15) is 0 Å². The highest BCUT2D eigenvalue weighted by Crippen LogP contribution is 2.18. The molecule has 13 heavy (non-hydrogen) atoms. The van der Waals surface area contributed by atoms with Gasteiger partial charge in [0, 0.05) is 24.7 Å². The fourth-order valence-electron chi connectivity index (χ4n) is 1.92. The molecule has 78 valence electrons. The molecule has 0 amide bonds. The molecule has 2 heteroatoms. The molecule has 0 aliphatic carbocycles. The highest BCUT2D eigenvalue weighted by atomic mass is 15.3. The molecule has 1 heterocycles. The molecule has 1 saturated heterocycles. The second-order valence-electron chi connectivity index (χ2n) is 4.89. The average Bonchev–Trinajstić information content (AvgIpc) is 2.07. The Morgan fingerprint density at radius 1 is 1.46 bits per heavy atom. The number of rotatable bonds is 3. The summed E-state index contributed by atoms with van der Waals surface area (Å²) in [4.78, 5) is 2.62. The molecule has 1 rings (SSSR count). The SMILES string of the molecule is CCCCN1CC(C)NCC1(C)C. The first-order valence-corrected chi connectivity index (χ1v) is 5.54. The predicted molar refractivity (Wildman–Crippen MR) is 58.0 cm³/mol. The molecule has 0 radical (unpaired) electrons. The van der Waals surface area contributed by atoms with Crippen LogP contribution in [0.15, 0.2) is 0 Å². The van der Waals surface area contributed by atoms with Crippen LogP contribution in [-0.2, 0) is 0 Å².